The lowest BCUT2D eigenvalue weighted by molar-refractivity contribution is 0.0917. The van der Waals surface area contributed by atoms with Crippen molar-refractivity contribution in [2.24, 2.45) is 0 Å². The Kier molecular flexibility index (Phi) is 11.8. The molecule has 0 aromatic heterocycles. The van der Waals surface area contributed by atoms with Gasteiger partial charge in [-0.05, 0) is 122 Å². The van der Waals surface area contributed by atoms with Crippen LogP contribution in [0.4, 0.5) is 0 Å². The lowest BCUT2D eigenvalue weighted by Crippen LogP contribution is -2.20. The van der Waals surface area contributed by atoms with E-state index in [9.17, 15) is 15.3 Å². The molecule has 4 aromatic carbocycles. The van der Waals surface area contributed by atoms with Crippen molar-refractivity contribution < 1.29 is 24.8 Å². The van der Waals surface area contributed by atoms with Gasteiger partial charge in [-0.3, -0.25) is 0 Å². The maximum absolute atomic E-state index is 11.3. The number of aliphatic hydroxyl groups is 3. The Morgan fingerprint density at radius 3 is 1.56 bits per heavy atom. The zero-order valence-electron chi connectivity index (χ0n) is 25.9. The molecule has 3 atom stereocenters. The molecule has 0 fully saturated rings. The van der Waals surface area contributed by atoms with Crippen molar-refractivity contribution in [3.63, 3.8) is 0 Å². The van der Waals surface area contributed by atoms with Crippen LogP contribution in [-0.2, 0) is 13.2 Å². The standard InChI is InChI=1S/C38H46O5/c1-26-10-5-11-27(2)35(26)24-42-32-16-7-14-30(22-32)34(18-9-21-39)38(41)20-19-37(40)31-15-8-17-33(23-31)43-25-36-28(3)12-6-13-29(36)4/h5-8,10-17,22-23,34,37-41H,9,18-21,24-25H2,1-4H3. The normalized spacial score (nSPS) is 13.4. The van der Waals surface area contributed by atoms with Gasteiger partial charge in [0.25, 0.3) is 0 Å². The van der Waals surface area contributed by atoms with Crippen LogP contribution in [0.15, 0.2) is 84.9 Å². The Labute approximate surface area is 256 Å². The molecule has 0 radical (unpaired) electrons. The van der Waals surface area contributed by atoms with E-state index in [1.807, 2.05) is 54.6 Å². The minimum atomic E-state index is -0.732. The molecule has 0 aliphatic rings. The van der Waals surface area contributed by atoms with Gasteiger partial charge in [0.05, 0.1) is 12.2 Å². The number of hydrogen-bond acceptors (Lipinski definition) is 5. The van der Waals surface area contributed by atoms with Gasteiger partial charge >= 0.3 is 0 Å². The van der Waals surface area contributed by atoms with Crippen LogP contribution in [0.3, 0.4) is 0 Å². The molecule has 4 aromatic rings. The molecule has 5 heteroatoms. The van der Waals surface area contributed by atoms with Gasteiger partial charge in [-0.25, -0.2) is 0 Å². The lowest BCUT2D eigenvalue weighted by Gasteiger charge is -2.25. The molecule has 0 heterocycles. The van der Waals surface area contributed by atoms with Crippen molar-refractivity contribution >= 4 is 0 Å². The van der Waals surface area contributed by atoms with Crippen LogP contribution < -0.4 is 9.47 Å². The second kappa shape index (κ2) is 15.7. The molecule has 0 amide bonds. The summed E-state index contributed by atoms with van der Waals surface area (Å²) in [5.74, 6) is 1.27. The fourth-order valence-corrected chi connectivity index (χ4v) is 5.70. The van der Waals surface area contributed by atoms with Crippen LogP contribution in [0.25, 0.3) is 0 Å². The van der Waals surface area contributed by atoms with Crippen molar-refractivity contribution in [1.29, 1.82) is 0 Å². The van der Waals surface area contributed by atoms with Gasteiger partial charge in [-0.2, -0.15) is 0 Å². The molecule has 3 unspecified atom stereocenters. The Morgan fingerprint density at radius 1 is 0.581 bits per heavy atom. The first kappa shape index (κ1) is 32.3. The zero-order valence-corrected chi connectivity index (χ0v) is 25.9. The summed E-state index contributed by atoms with van der Waals surface area (Å²) in [6.45, 7) is 9.35. The van der Waals surface area contributed by atoms with Crippen molar-refractivity contribution in [3.05, 3.63) is 129 Å². The molecular formula is C38H46O5. The van der Waals surface area contributed by atoms with Crippen LogP contribution in [0.2, 0.25) is 0 Å². The van der Waals surface area contributed by atoms with E-state index < -0.39 is 12.2 Å². The summed E-state index contributed by atoms with van der Waals surface area (Å²) in [6, 6.07) is 27.9. The minimum absolute atomic E-state index is 0.0589. The number of rotatable bonds is 15. The average molecular weight is 583 g/mol. The topological polar surface area (TPSA) is 79.2 Å². The van der Waals surface area contributed by atoms with Crippen LogP contribution in [-0.4, -0.2) is 28.0 Å². The Hall–Kier alpha value is -3.64. The Bertz CT molecular complexity index is 1420. The smallest absolute Gasteiger partial charge is 0.120 e. The average Bonchev–Trinajstić information content (AvgIpc) is 3.00. The van der Waals surface area contributed by atoms with Gasteiger partial charge in [-0.15, -0.1) is 0 Å². The fourth-order valence-electron chi connectivity index (χ4n) is 5.70. The third kappa shape index (κ3) is 8.93. The van der Waals surface area contributed by atoms with E-state index in [0.717, 1.165) is 16.9 Å². The molecule has 3 N–H and O–H groups in total. The second-order valence-corrected chi connectivity index (χ2v) is 11.6. The first-order valence-corrected chi connectivity index (χ1v) is 15.3. The largest absolute Gasteiger partial charge is 0.489 e. The first-order chi connectivity index (χ1) is 20.8. The molecule has 0 saturated heterocycles. The second-order valence-electron chi connectivity index (χ2n) is 11.6. The number of aryl methyl sites for hydroxylation is 4. The number of ether oxygens (including phenoxy) is 2. The summed E-state index contributed by atoms with van der Waals surface area (Å²) in [7, 11) is 0. The Balaban J connectivity index is 1.38. The van der Waals surface area contributed by atoms with Crippen molar-refractivity contribution in [1.82, 2.24) is 0 Å². The van der Waals surface area contributed by atoms with Gasteiger partial charge < -0.3 is 24.8 Å². The molecule has 4 rings (SSSR count). The third-order valence-corrected chi connectivity index (χ3v) is 8.46. The van der Waals surface area contributed by atoms with Crippen molar-refractivity contribution in [2.75, 3.05) is 6.61 Å². The number of hydrogen-bond donors (Lipinski definition) is 3. The van der Waals surface area contributed by atoms with E-state index in [2.05, 4.69) is 58.0 Å². The Morgan fingerprint density at radius 2 is 1.05 bits per heavy atom. The van der Waals surface area contributed by atoms with E-state index in [-0.39, 0.29) is 12.5 Å². The van der Waals surface area contributed by atoms with E-state index in [1.54, 1.807) is 0 Å². The zero-order chi connectivity index (χ0) is 30.8. The molecule has 0 bridgehead atoms. The van der Waals surface area contributed by atoms with Crippen molar-refractivity contribution in [3.8, 4) is 11.5 Å². The molecule has 0 saturated carbocycles. The van der Waals surface area contributed by atoms with Gasteiger partial charge in [0.1, 0.15) is 24.7 Å². The molecular weight excluding hydrogens is 536 g/mol. The van der Waals surface area contributed by atoms with E-state index in [1.165, 1.54) is 33.4 Å². The van der Waals surface area contributed by atoms with Gasteiger partial charge in [0, 0.05) is 12.5 Å². The summed E-state index contributed by atoms with van der Waals surface area (Å²) in [5.41, 5.74) is 8.87. The van der Waals surface area contributed by atoms with Crippen LogP contribution >= 0.6 is 0 Å². The fraction of sp³-hybridized carbons (Fsp3) is 0.368. The molecule has 0 aliphatic carbocycles. The molecule has 228 valence electrons. The molecule has 0 aliphatic heterocycles. The highest BCUT2D eigenvalue weighted by atomic mass is 16.5. The summed E-state index contributed by atoms with van der Waals surface area (Å²) in [6.07, 6.45) is 0.619. The van der Waals surface area contributed by atoms with Gasteiger partial charge in [0.15, 0.2) is 0 Å². The monoisotopic (exact) mass is 582 g/mol. The molecule has 5 nitrogen and oxygen atoms in total. The maximum Gasteiger partial charge on any atom is 0.120 e. The quantitative estimate of drug-likeness (QED) is 0.133. The summed E-state index contributed by atoms with van der Waals surface area (Å²) >= 11 is 0. The third-order valence-electron chi connectivity index (χ3n) is 8.46. The van der Waals surface area contributed by atoms with Crippen LogP contribution in [0, 0.1) is 27.7 Å². The predicted octanol–water partition coefficient (Wildman–Crippen LogP) is 7.81. The highest BCUT2D eigenvalue weighted by Gasteiger charge is 2.23. The highest BCUT2D eigenvalue weighted by Crippen LogP contribution is 2.32. The SMILES string of the molecule is Cc1cccc(C)c1COc1cccc(C(O)CCC(O)C(CCCO)c2cccc(OCc3c(C)cccc3C)c2)c1. The molecule has 43 heavy (non-hydrogen) atoms. The van der Waals surface area contributed by atoms with Crippen LogP contribution in [0.5, 0.6) is 11.5 Å². The van der Waals surface area contributed by atoms with E-state index in [4.69, 9.17) is 9.47 Å². The van der Waals surface area contributed by atoms with Crippen molar-refractivity contribution in [2.45, 2.75) is 84.7 Å². The van der Waals surface area contributed by atoms with E-state index >= 15 is 0 Å². The maximum atomic E-state index is 11.3. The summed E-state index contributed by atoms with van der Waals surface area (Å²) in [5, 5.41) is 31.9. The first-order valence-electron chi connectivity index (χ1n) is 15.3. The lowest BCUT2D eigenvalue weighted by atomic mass is 9.86. The summed E-state index contributed by atoms with van der Waals surface area (Å²) < 4.78 is 12.3. The van der Waals surface area contributed by atoms with Crippen LogP contribution in [0.1, 0.15) is 82.2 Å². The summed E-state index contributed by atoms with van der Waals surface area (Å²) in [4.78, 5) is 0. The van der Waals surface area contributed by atoms with Gasteiger partial charge in [0.2, 0.25) is 0 Å². The number of aliphatic hydroxyl groups excluding tert-OH is 3. The minimum Gasteiger partial charge on any atom is -0.489 e. The molecule has 0 spiro atoms. The highest BCUT2D eigenvalue weighted by molar-refractivity contribution is 5.36. The van der Waals surface area contributed by atoms with E-state index in [0.29, 0.717) is 44.6 Å². The number of benzene rings is 4. The predicted molar refractivity (Wildman–Crippen MR) is 173 cm³/mol. The van der Waals surface area contributed by atoms with Gasteiger partial charge in [-0.1, -0.05) is 60.7 Å².